The van der Waals surface area contributed by atoms with Crippen LogP contribution in [0.3, 0.4) is 0 Å². The molecule has 0 saturated carbocycles. The quantitative estimate of drug-likeness (QED) is 0.461. The predicted octanol–water partition coefficient (Wildman–Crippen LogP) is 2.19. The van der Waals surface area contributed by atoms with Crippen LogP contribution in [0.25, 0.3) is 11.0 Å². The van der Waals surface area contributed by atoms with Crippen LogP contribution in [0, 0.1) is 12.3 Å². The Hall–Kier alpha value is -3.77. The maximum absolute atomic E-state index is 11.4. The first-order chi connectivity index (χ1) is 15.1. The molecule has 1 aliphatic rings. The summed E-state index contributed by atoms with van der Waals surface area (Å²) in [7, 11) is 1.41. The van der Waals surface area contributed by atoms with E-state index in [2.05, 4.69) is 41.4 Å². The molecule has 2 aromatic heterocycles. The highest BCUT2D eigenvalue weighted by molar-refractivity contribution is 5.87. The summed E-state index contributed by atoms with van der Waals surface area (Å²) in [6.07, 6.45) is 10.4. The van der Waals surface area contributed by atoms with Crippen molar-refractivity contribution in [1.82, 2.24) is 24.8 Å². The molecule has 9 nitrogen and oxygen atoms in total. The number of carbonyl (C=O) groups excluding carboxylic acids is 1. The van der Waals surface area contributed by atoms with Crippen molar-refractivity contribution in [2.75, 3.05) is 37.4 Å². The molecule has 0 bridgehead atoms. The van der Waals surface area contributed by atoms with E-state index in [9.17, 15) is 4.79 Å². The Balaban J connectivity index is 1.47. The summed E-state index contributed by atoms with van der Waals surface area (Å²) in [5.41, 5.74) is 2.86. The first-order valence-electron chi connectivity index (χ1n) is 10.0. The van der Waals surface area contributed by atoms with Gasteiger partial charge in [-0.3, -0.25) is 9.69 Å². The fraction of sp³-hybridized carbons (Fsp3) is 0.318. The Morgan fingerprint density at radius 2 is 2.13 bits per heavy atom. The minimum atomic E-state index is -0.211. The highest BCUT2D eigenvalue weighted by Crippen LogP contribution is 2.23. The number of anilines is 3. The summed E-state index contributed by atoms with van der Waals surface area (Å²) in [6.45, 7) is 1.94. The molecular weight excluding hydrogens is 394 g/mol. The smallest absolute Gasteiger partial charge is 0.319 e. The average Bonchev–Trinajstić information content (AvgIpc) is 2.81. The second-order valence-corrected chi connectivity index (χ2v) is 7.27. The number of fused-ring (bicyclic) bond motifs is 1. The van der Waals surface area contributed by atoms with E-state index in [1.807, 2.05) is 24.3 Å². The first kappa shape index (κ1) is 20.5. The van der Waals surface area contributed by atoms with Crippen LogP contribution >= 0.6 is 0 Å². The van der Waals surface area contributed by atoms with Crippen LogP contribution in [0.2, 0.25) is 0 Å². The van der Waals surface area contributed by atoms with E-state index in [-0.39, 0.29) is 12.0 Å². The third kappa shape index (κ3) is 5.05. The number of ether oxygens (including phenoxy) is 1. The minimum Gasteiger partial charge on any atom is -0.468 e. The number of aromatic nitrogens is 4. The fourth-order valence-corrected chi connectivity index (χ4v) is 3.50. The summed E-state index contributed by atoms with van der Waals surface area (Å²) in [5, 5.41) is 6.66. The number of carbonyl (C=O) groups is 1. The summed E-state index contributed by atoms with van der Waals surface area (Å²) in [6, 6.07) is 7.76. The number of esters is 1. The maximum Gasteiger partial charge on any atom is 0.319 e. The predicted molar refractivity (Wildman–Crippen MR) is 118 cm³/mol. The van der Waals surface area contributed by atoms with Crippen LogP contribution in [-0.2, 0) is 9.53 Å². The lowest BCUT2D eigenvalue weighted by atomic mass is 10.1. The Morgan fingerprint density at radius 1 is 1.29 bits per heavy atom. The van der Waals surface area contributed by atoms with Crippen molar-refractivity contribution in [2.24, 2.45) is 0 Å². The number of hydrogen-bond acceptors (Lipinski definition) is 9. The summed E-state index contributed by atoms with van der Waals surface area (Å²) in [4.78, 5) is 31.2. The van der Waals surface area contributed by atoms with E-state index in [0.717, 1.165) is 37.2 Å². The van der Waals surface area contributed by atoms with Gasteiger partial charge in [0, 0.05) is 30.4 Å². The van der Waals surface area contributed by atoms with Crippen LogP contribution in [0.4, 0.5) is 17.5 Å². The van der Waals surface area contributed by atoms with E-state index in [1.165, 1.54) is 13.4 Å². The van der Waals surface area contributed by atoms with Crippen molar-refractivity contribution in [3.63, 3.8) is 0 Å². The molecule has 3 heterocycles. The summed E-state index contributed by atoms with van der Waals surface area (Å²) >= 11 is 0. The van der Waals surface area contributed by atoms with E-state index >= 15 is 0 Å². The molecule has 0 unspecified atom stereocenters. The molecule has 9 heteroatoms. The number of rotatable bonds is 6. The minimum absolute atomic E-state index is 0.211. The lowest BCUT2D eigenvalue weighted by Crippen LogP contribution is -2.41. The molecule has 0 aliphatic carbocycles. The van der Waals surface area contributed by atoms with Crippen LogP contribution in [0.1, 0.15) is 18.4 Å². The Labute approximate surface area is 180 Å². The second kappa shape index (κ2) is 9.36. The van der Waals surface area contributed by atoms with Gasteiger partial charge in [-0.25, -0.2) is 19.9 Å². The molecular formula is C22H23N7O2. The van der Waals surface area contributed by atoms with Gasteiger partial charge in [-0.2, -0.15) is 0 Å². The third-order valence-electron chi connectivity index (χ3n) is 5.17. The number of likely N-dealkylation sites (tertiary alicyclic amines) is 1. The van der Waals surface area contributed by atoms with Crippen molar-refractivity contribution >= 4 is 34.5 Å². The molecule has 158 valence electrons. The SMILES string of the molecule is C#Cc1cccc(Nc2ncnc3cnc(NC4CCN(CC(=O)OC)CC4)nc23)c1. The molecule has 0 amide bonds. The van der Waals surface area contributed by atoms with Crippen molar-refractivity contribution in [1.29, 1.82) is 0 Å². The van der Waals surface area contributed by atoms with Gasteiger partial charge in [0.2, 0.25) is 5.95 Å². The first-order valence-corrected chi connectivity index (χ1v) is 10.0. The molecule has 0 atom stereocenters. The number of piperidine rings is 1. The van der Waals surface area contributed by atoms with E-state index < -0.39 is 0 Å². The van der Waals surface area contributed by atoms with E-state index in [1.54, 1.807) is 6.20 Å². The zero-order valence-corrected chi connectivity index (χ0v) is 17.2. The lowest BCUT2D eigenvalue weighted by molar-refractivity contribution is -0.142. The van der Waals surface area contributed by atoms with Gasteiger partial charge in [0.25, 0.3) is 0 Å². The van der Waals surface area contributed by atoms with Gasteiger partial charge in [-0.05, 0) is 31.0 Å². The van der Waals surface area contributed by atoms with Crippen molar-refractivity contribution in [3.05, 3.63) is 42.4 Å². The molecule has 31 heavy (non-hydrogen) atoms. The lowest BCUT2D eigenvalue weighted by Gasteiger charge is -2.31. The zero-order valence-electron chi connectivity index (χ0n) is 17.2. The average molecular weight is 417 g/mol. The fourth-order valence-electron chi connectivity index (χ4n) is 3.50. The number of hydrogen-bond donors (Lipinski definition) is 2. The molecule has 1 saturated heterocycles. The Bertz CT molecular complexity index is 1120. The largest absolute Gasteiger partial charge is 0.468 e. The Morgan fingerprint density at radius 3 is 2.90 bits per heavy atom. The normalized spacial score (nSPS) is 14.7. The topological polar surface area (TPSA) is 105 Å². The highest BCUT2D eigenvalue weighted by atomic mass is 16.5. The van der Waals surface area contributed by atoms with Crippen LogP contribution in [0.5, 0.6) is 0 Å². The molecule has 4 rings (SSSR count). The van der Waals surface area contributed by atoms with Gasteiger partial charge in [0.05, 0.1) is 19.9 Å². The van der Waals surface area contributed by atoms with E-state index in [4.69, 9.17) is 11.2 Å². The molecule has 1 aromatic carbocycles. The van der Waals surface area contributed by atoms with Gasteiger partial charge in [0.1, 0.15) is 17.4 Å². The standard InChI is InChI=1S/C22H23N7O2/c1-3-15-5-4-6-17(11-15)26-21-20-18(24-14-25-21)12-23-22(28-20)27-16-7-9-29(10-8-16)13-19(30)31-2/h1,4-6,11-12,14,16H,7-10,13H2,2H3,(H,23,27,28)(H,24,25,26). The number of nitrogens with zero attached hydrogens (tertiary/aromatic N) is 5. The summed E-state index contributed by atoms with van der Waals surface area (Å²) in [5.74, 6) is 3.52. The second-order valence-electron chi connectivity index (χ2n) is 7.27. The van der Waals surface area contributed by atoms with Gasteiger partial charge in [0.15, 0.2) is 5.82 Å². The molecule has 1 aliphatic heterocycles. The number of terminal acetylenes is 1. The zero-order chi connectivity index (χ0) is 21.6. The number of methoxy groups -OCH3 is 1. The molecule has 0 spiro atoms. The highest BCUT2D eigenvalue weighted by Gasteiger charge is 2.22. The van der Waals surface area contributed by atoms with Crippen molar-refractivity contribution in [3.8, 4) is 12.3 Å². The van der Waals surface area contributed by atoms with E-state index in [0.29, 0.717) is 29.3 Å². The number of nitrogens with one attached hydrogen (secondary N) is 2. The van der Waals surface area contributed by atoms with Gasteiger partial charge in [-0.15, -0.1) is 6.42 Å². The third-order valence-corrected chi connectivity index (χ3v) is 5.17. The van der Waals surface area contributed by atoms with Gasteiger partial charge < -0.3 is 15.4 Å². The van der Waals surface area contributed by atoms with Gasteiger partial charge in [-0.1, -0.05) is 12.0 Å². The Kier molecular flexibility index (Phi) is 6.19. The van der Waals surface area contributed by atoms with Gasteiger partial charge >= 0.3 is 5.97 Å². The monoisotopic (exact) mass is 417 g/mol. The maximum atomic E-state index is 11.4. The molecule has 3 aromatic rings. The number of benzene rings is 1. The van der Waals surface area contributed by atoms with Crippen molar-refractivity contribution < 1.29 is 9.53 Å². The molecule has 1 fully saturated rings. The molecule has 0 radical (unpaired) electrons. The molecule has 2 N–H and O–H groups in total. The van der Waals surface area contributed by atoms with Crippen LogP contribution in [-0.4, -0.2) is 63.6 Å². The summed E-state index contributed by atoms with van der Waals surface area (Å²) < 4.78 is 4.74. The van der Waals surface area contributed by atoms with Crippen LogP contribution < -0.4 is 10.6 Å². The van der Waals surface area contributed by atoms with Crippen molar-refractivity contribution in [2.45, 2.75) is 18.9 Å². The van der Waals surface area contributed by atoms with Crippen LogP contribution in [0.15, 0.2) is 36.8 Å².